The topological polar surface area (TPSA) is 92.5 Å². The number of aromatic nitrogens is 5. The maximum atomic E-state index is 14.0. The molecule has 3 fully saturated rings. The van der Waals surface area contributed by atoms with E-state index in [0.29, 0.717) is 75.4 Å². The number of alkyl halides is 3. The molecule has 0 N–H and O–H groups in total. The number of ether oxygens (including phenoxy) is 1. The molecule has 1 aromatic carbocycles. The van der Waals surface area contributed by atoms with Gasteiger partial charge in [-0.05, 0) is 12.1 Å². The molecule has 0 unspecified atom stereocenters. The third kappa shape index (κ3) is 3.84. The van der Waals surface area contributed by atoms with Crippen molar-refractivity contribution in [3.8, 4) is 5.95 Å². The number of nitrogens with zero attached hydrogens (tertiary/aromatic N) is 8. The van der Waals surface area contributed by atoms with Gasteiger partial charge in [0, 0.05) is 44.7 Å². The van der Waals surface area contributed by atoms with Crippen LogP contribution in [0.25, 0.3) is 17.0 Å². The summed E-state index contributed by atoms with van der Waals surface area (Å²) in [4.78, 5) is 35.6. The summed E-state index contributed by atoms with van der Waals surface area (Å²) in [5.74, 6) is 0.436. The lowest BCUT2D eigenvalue weighted by Crippen LogP contribution is -2.73. The first-order valence-electron chi connectivity index (χ1n) is 11.4. The predicted octanol–water partition coefficient (Wildman–Crippen LogP) is 1.87. The number of imidazole rings is 1. The summed E-state index contributed by atoms with van der Waals surface area (Å²) in [5, 5.41) is 0. The highest BCUT2D eigenvalue weighted by molar-refractivity contribution is 6.27. The van der Waals surface area contributed by atoms with Gasteiger partial charge >= 0.3 is 0 Å². The molecule has 1 spiro atoms. The number of benzene rings is 1. The standard InChI is InChI=1S/C22H23ClF2N8O2/c23-9-16(34)31-10-22(11-31)12-32(13-22)20-27-19(30-5-7-35-8-6-30)28-21(29-20)33-15-4-2-1-3-14(15)26-18(33)17(24)25/h1-4,17H,5-13H2. The van der Waals surface area contributed by atoms with Crippen molar-refractivity contribution in [2.45, 2.75) is 6.43 Å². The Kier molecular flexibility index (Phi) is 5.44. The molecule has 1 amide bonds. The molecule has 5 heterocycles. The maximum absolute atomic E-state index is 14.0. The van der Waals surface area contributed by atoms with E-state index < -0.39 is 12.2 Å². The zero-order chi connectivity index (χ0) is 24.2. The van der Waals surface area contributed by atoms with Gasteiger partial charge in [0.05, 0.1) is 24.2 Å². The predicted molar refractivity (Wildman–Crippen MR) is 124 cm³/mol. The van der Waals surface area contributed by atoms with Crippen LogP contribution in [0.2, 0.25) is 0 Å². The van der Waals surface area contributed by atoms with E-state index in [2.05, 4.69) is 19.9 Å². The van der Waals surface area contributed by atoms with Gasteiger partial charge in [0.15, 0.2) is 5.82 Å². The summed E-state index contributed by atoms with van der Waals surface area (Å²) in [6.07, 6.45) is -2.80. The van der Waals surface area contributed by atoms with Crippen LogP contribution in [-0.4, -0.2) is 93.7 Å². The van der Waals surface area contributed by atoms with Crippen molar-refractivity contribution in [3.05, 3.63) is 30.1 Å². The minimum absolute atomic E-state index is 0.0104. The highest BCUT2D eigenvalue weighted by Gasteiger charge is 2.53. The summed E-state index contributed by atoms with van der Waals surface area (Å²) in [7, 11) is 0. The highest BCUT2D eigenvalue weighted by Crippen LogP contribution is 2.41. The lowest BCUT2D eigenvalue weighted by molar-refractivity contribution is -0.142. The largest absolute Gasteiger partial charge is 0.378 e. The molecule has 0 bridgehead atoms. The van der Waals surface area contributed by atoms with E-state index in [1.54, 1.807) is 29.2 Å². The van der Waals surface area contributed by atoms with Gasteiger partial charge in [-0.15, -0.1) is 11.6 Å². The fourth-order valence-corrected chi connectivity index (χ4v) is 5.19. The molecule has 3 aliphatic rings. The van der Waals surface area contributed by atoms with Crippen LogP contribution in [0, 0.1) is 5.41 Å². The molecular weight excluding hydrogens is 482 g/mol. The first kappa shape index (κ1) is 22.4. The van der Waals surface area contributed by atoms with Crippen LogP contribution < -0.4 is 9.80 Å². The normalized spacial score (nSPS) is 19.4. The fraction of sp³-hybridized carbons (Fsp3) is 0.500. The number of hydrogen-bond donors (Lipinski definition) is 0. The van der Waals surface area contributed by atoms with E-state index in [9.17, 15) is 13.6 Å². The number of fused-ring (bicyclic) bond motifs is 1. The minimum atomic E-state index is -2.80. The van der Waals surface area contributed by atoms with Crippen LogP contribution in [0.4, 0.5) is 20.7 Å². The number of rotatable bonds is 5. The lowest BCUT2D eigenvalue weighted by atomic mass is 9.73. The molecule has 10 nitrogen and oxygen atoms in total. The van der Waals surface area contributed by atoms with E-state index in [4.69, 9.17) is 16.3 Å². The number of hydrogen-bond acceptors (Lipinski definition) is 8. The molecule has 6 rings (SSSR count). The van der Waals surface area contributed by atoms with E-state index in [1.807, 2.05) is 9.80 Å². The van der Waals surface area contributed by atoms with Gasteiger partial charge in [0.1, 0.15) is 5.88 Å². The number of carbonyl (C=O) groups is 1. The Morgan fingerprint density at radius 2 is 1.63 bits per heavy atom. The van der Waals surface area contributed by atoms with Crippen molar-refractivity contribution in [1.82, 2.24) is 29.4 Å². The monoisotopic (exact) mass is 504 g/mol. The van der Waals surface area contributed by atoms with Crippen LogP contribution in [0.15, 0.2) is 24.3 Å². The Morgan fingerprint density at radius 1 is 0.971 bits per heavy atom. The van der Waals surface area contributed by atoms with Crippen molar-refractivity contribution >= 4 is 40.4 Å². The van der Waals surface area contributed by atoms with E-state index >= 15 is 0 Å². The first-order chi connectivity index (χ1) is 17.0. The Morgan fingerprint density at radius 3 is 2.31 bits per heavy atom. The van der Waals surface area contributed by atoms with Gasteiger partial charge in [0.2, 0.25) is 23.8 Å². The van der Waals surface area contributed by atoms with Crippen LogP contribution >= 0.6 is 11.6 Å². The maximum Gasteiger partial charge on any atom is 0.296 e. The summed E-state index contributed by atoms with van der Waals surface area (Å²) < 4.78 is 34.8. The van der Waals surface area contributed by atoms with E-state index in [0.717, 1.165) is 0 Å². The fourth-order valence-electron chi connectivity index (χ4n) is 5.02. The van der Waals surface area contributed by atoms with Gasteiger partial charge in [-0.1, -0.05) is 12.1 Å². The molecule has 0 atom stereocenters. The number of anilines is 2. The van der Waals surface area contributed by atoms with Crippen molar-refractivity contribution in [2.24, 2.45) is 5.41 Å². The molecule has 13 heteroatoms. The van der Waals surface area contributed by atoms with Gasteiger partial charge in [0.25, 0.3) is 6.43 Å². The summed E-state index contributed by atoms with van der Waals surface area (Å²) in [6.45, 7) is 4.86. The minimum Gasteiger partial charge on any atom is -0.378 e. The van der Waals surface area contributed by atoms with E-state index in [-0.39, 0.29) is 23.2 Å². The van der Waals surface area contributed by atoms with Gasteiger partial charge in [-0.25, -0.2) is 13.8 Å². The smallest absolute Gasteiger partial charge is 0.296 e. The summed E-state index contributed by atoms with van der Waals surface area (Å²) in [5.41, 5.74) is 0.935. The molecule has 3 saturated heterocycles. The van der Waals surface area contributed by atoms with Gasteiger partial charge < -0.3 is 19.4 Å². The third-order valence-electron chi connectivity index (χ3n) is 6.73. The molecule has 184 valence electrons. The van der Waals surface area contributed by atoms with Crippen molar-refractivity contribution in [3.63, 3.8) is 0 Å². The number of para-hydroxylation sites is 2. The molecule has 0 radical (unpaired) electrons. The van der Waals surface area contributed by atoms with Crippen LogP contribution in [0.1, 0.15) is 12.2 Å². The lowest BCUT2D eigenvalue weighted by Gasteiger charge is -2.60. The molecule has 0 saturated carbocycles. The number of amides is 1. The average Bonchev–Trinajstić information content (AvgIpc) is 3.22. The zero-order valence-corrected chi connectivity index (χ0v) is 19.5. The van der Waals surface area contributed by atoms with Crippen molar-refractivity contribution in [2.75, 3.05) is 68.2 Å². The highest BCUT2D eigenvalue weighted by atomic mass is 35.5. The Balaban J connectivity index is 1.37. The number of likely N-dealkylation sites (tertiary alicyclic amines) is 1. The number of carbonyl (C=O) groups excluding carboxylic acids is 1. The van der Waals surface area contributed by atoms with Crippen molar-refractivity contribution in [1.29, 1.82) is 0 Å². The van der Waals surface area contributed by atoms with Crippen molar-refractivity contribution < 1.29 is 18.3 Å². The molecule has 35 heavy (non-hydrogen) atoms. The SMILES string of the molecule is O=C(CCl)N1CC2(C1)CN(c1nc(N3CCOCC3)nc(-n3c(C(F)F)nc4ccccc43)n1)C2. The molecule has 3 aliphatic heterocycles. The Labute approximate surface area is 204 Å². The summed E-state index contributed by atoms with van der Waals surface area (Å²) >= 11 is 5.67. The third-order valence-corrected chi connectivity index (χ3v) is 6.96. The molecular formula is C22H23ClF2N8O2. The molecule has 0 aliphatic carbocycles. The quantitative estimate of drug-likeness (QED) is 0.486. The van der Waals surface area contributed by atoms with E-state index in [1.165, 1.54) is 4.57 Å². The second-order valence-corrected chi connectivity index (χ2v) is 9.44. The first-order valence-corrected chi connectivity index (χ1v) is 11.9. The average molecular weight is 505 g/mol. The second-order valence-electron chi connectivity index (χ2n) is 9.17. The summed E-state index contributed by atoms with van der Waals surface area (Å²) in [6, 6.07) is 6.93. The number of halogens is 3. The van der Waals surface area contributed by atoms with Gasteiger partial charge in [-0.3, -0.25) is 9.36 Å². The van der Waals surface area contributed by atoms with Crippen LogP contribution in [-0.2, 0) is 9.53 Å². The zero-order valence-electron chi connectivity index (χ0n) is 18.8. The van der Waals surface area contributed by atoms with Crippen LogP contribution in [0.3, 0.4) is 0 Å². The Hall–Kier alpha value is -3.12. The second kappa shape index (κ2) is 8.52. The molecule has 2 aromatic heterocycles. The number of morpholine rings is 1. The van der Waals surface area contributed by atoms with Gasteiger partial charge in [-0.2, -0.15) is 15.0 Å². The van der Waals surface area contributed by atoms with Crippen LogP contribution in [0.5, 0.6) is 0 Å². The Bertz CT molecular complexity index is 1270. The molecule has 3 aromatic rings.